The molecule has 2 fully saturated rings. The number of likely N-dealkylation sites (tertiary alicyclic amines) is 1. The van der Waals surface area contributed by atoms with E-state index in [0.29, 0.717) is 10.8 Å². The maximum atomic E-state index is 2.74. The van der Waals surface area contributed by atoms with Gasteiger partial charge in [-0.2, -0.15) is 0 Å². The fourth-order valence-electron chi connectivity index (χ4n) is 5.10. The molecule has 0 N–H and O–H groups in total. The van der Waals surface area contributed by atoms with E-state index in [9.17, 15) is 0 Å². The molecule has 4 rings (SSSR count). The fraction of sp³-hybridized carbons (Fsp3) is 0.545. The smallest absolute Gasteiger partial charge is 0.00408 e. The van der Waals surface area contributed by atoms with Crippen molar-refractivity contribution < 1.29 is 0 Å². The second-order valence-corrected chi connectivity index (χ2v) is 8.64. The third-order valence-electron chi connectivity index (χ3n) is 7.25. The lowest BCUT2D eigenvalue weighted by atomic mass is 9.63. The zero-order chi connectivity index (χ0) is 16.1. The summed E-state index contributed by atoms with van der Waals surface area (Å²) < 4.78 is 0. The monoisotopic (exact) mass is 307 g/mol. The average molecular weight is 307 g/mol. The number of fused-ring (bicyclic) bond motifs is 3. The first-order chi connectivity index (χ1) is 11.0. The maximum Gasteiger partial charge on any atom is 0.00408 e. The van der Waals surface area contributed by atoms with Gasteiger partial charge in [0.05, 0.1) is 0 Å². The summed E-state index contributed by atoms with van der Waals surface area (Å²) in [6.07, 6.45) is 4.01. The van der Waals surface area contributed by atoms with Gasteiger partial charge in [0, 0.05) is 19.6 Å². The highest BCUT2D eigenvalue weighted by Crippen LogP contribution is 2.58. The Morgan fingerprint density at radius 3 is 2.65 bits per heavy atom. The van der Waals surface area contributed by atoms with Crippen LogP contribution < -0.4 is 0 Å². The van der Waals surface area contributed by atoms with Crippen molar-refractivity contribution in [2.45, 2.75) is 40.0 Å². The molecule has 2 bridgehead atoms. The lowest BCUT2D eigenvalue weighted by Gasteiger charge is -2.50. The van der Waals surface area contributed by atoms with Crippen LogP contribution in [0.15, 0.2) is 42.5 Å². The summed E-state index contributed by atoms with van der Waals surface area (Å²) in [6, 6.07) is 15.5. The molecule has 2 aromatic carbocycles. The first kappa shape index (κ1) is 15.2. The molecular weight excluding hydrogens is 278 g/mol. The summed E-state index contributed by atoms with van der Waals surface area (Å²) in [4.78, 5) is 2.74. The Balaban J connectivity index is 1.50. The highest BCUT2D eigenvalue weighted by molar-refractivity contribution is 5.85. The Kier molecular flexibility index (Phi) is 3.53. The molecule has 2 aliphatic rings. The summed E-state index contributed by atoms with van der Waals surface area (Å²) in [5.41, 5.74) is 2.53. The number of piperidine rings is 1. The highest BCUT2D eigenvalue weighted by atomic mass is 15.2. The van der Waals surface area contributed by atoms with Crippen LogP contribution in [0.3, 0.4) is 0 Å². The standard InChI is InChI=1S/C22H29N/c1-21(2)19-11-13-22(21,3)16-23(15-19)14-12-18-9-6-8-17-7-4-5-10-20(17)18/h4-10,19H,11-16H2,1-3H3. The third-order valence-corrected chi connectivity index (χ3v) is 7.25. The van der Waals surface area contributed by atoms with Gasteiger partial charge in [0.2, 0.25) is 0 Å². The van der Waals surface area contributed by atoms with Gasteiger partial charge in [0.1, 0.15) is 0 Å². The predicted octanol–water partition coefficient (Wildman–Crippen LogP) is 5.14. The van der Waals surface area contributed by atoms with Crippen LogP contribution in [0.4, 0.5) is 0 Å². The molecule has 1 heteroatoms. The number of hydrogen-bond acceptors (Lipinski definition) is 1. The van der Waals surface area contributed by atoms with Crippen LogP contribution in [0, 0.1) is 16.7 Å². The van der Waals surface area contributed by atoms with Gasteiger partial charge in [0.15, 0.2) is 0 Å². The van der Waals surface area contributed by atoms with Gasteiger partial charge in [0.25, 0.3) is 0 Å². The Morgan fingerprint density at radius 1 is 1.04 bits per heavy atom. The fourth-order valence-corrected chi connectivity index (χ4v) is 5.10. The minimum Gasteiger partial charge on any atom is -0.302 e. The van der Waals surface area contributed by atoms with Crippen LogP contribution in [-0.4, -0.2) is 24.5 Å². The predicted molar refractivity (Wildman–Crippen MR) is 98.7 cm³/mol. The molecule has 1 nitrogen and oxygen atoms in total. The van der Waals surface area contributed by atoms with Crippen molar-refractivity contribution in [1.29, 1.82) is 0 Å². The molecule has 122 valence electrons. The van der Waals surface area contributed by atoms with Gasteiger partial charge >= 0.3 is 0 Å². The average Bonchev–Trinajstić information content (AvgIpc) is 2.68. The van der Waals surface area contributed by atoms with E-state index in [1.54, 1.807) is 0 Å². The summed E-state index contributed by atoms with van der Waals surface area (Å²) in [6.45, 7) is 11.3. The van der Waals surface area contributed by atoms with Crippen molar-refractivity contribution in [2.75, 3.05) is 19.6 Å². The van der Waals surface area contributed by atoms with Gasteiger partial charge in [-0.1, -0.05) is 63.2 Å². The van der Waals surface area contributed by atoms with E-state index in [2.05, 4.69) is 68.1 Å². The molecule has 1 saturated heterocycles. The quantitative estimate of drug-likeness (QED) is 0.759. The van der Waals surface area contributed by atoms with Crippen molar-refractivity contribution >= 4 is 10.8 Å². The topological polar surface area (TPSA) is 3.24 Å². The molecule has 0 spiro atoms. The number of benzene rings is 2. The van der Waals surface area contributed by atoms with Gasteiger partial charge in [-0.05, 0) is 52.3 Å². The molecule has 0 radical (unpaired) electrons. The van der Waals surface area contributed by atoms with Crippen LogP contribution >= 0.6 is 0 Å². The molecule has 2 atom stereocenters. The minimum absolute atomic E-state index is 0.509. The van der Waals surface area contributed by atoms with Crippen LogP contribution in [0.25, 0.3) is 10.8 Å². The Labute approximate surface area is 140 Å². The second kappa shape index (κ2) is 5.34. The Bertz CT molecular complexity index is 711. The van der Waals surface area contributed by atoms with Gasteiger partial charge in [-0.3, -0.25) is 0 Å². The van der Waals surface area contributed by atoms with E-state index in [-0.39, 0.29) is 0 Å². The molecule has 0 amide bonds. The van der Waals surface area contributed by atoms with E-state index in [1.165, 1.54) is 55.2 Å². The third kappa shape index (κ3) is 2.41. The van der Waals surface area contributed by atoms with E-state index < -0.39 is 0 Å². The van der Waals surface area contributed by atoms with Gasteiger partial charge in [-0.25, -0.2) is 0 Å². The van der Waals surface area contributed by atoms with Crippen molar-refractivity contribution in [2.24, 2.45) is 16.7 Å². The molecule has 1 aliphatic carbocycles. The van der Waals surface area contributed by atoms with E-state index in [1.807, 2.05) is 0 Å². The summed E-state index contributed by atoms with van der Waals surface area (Å²) >= 11 is 0. The molecule has 1 aliphatic heterocycles. The molecule has 0 aromatic heterocycles. The summed E-state index contributed by atoms with van der Waals surface area (Å²) in [5.74, 6) is 0.883. The van der Waals surface area contributed by atoms with Crippen molar-refractivity contribution in [3.63, 3.8) is 0 Å². The van der Waals surface area contributed by atoms with E-state index in [0.717, 1.165) is 5.92 Å². The van der Waals surface area contributed by atoms with Crippen molar-refractivity contribution in [3.05, 3.63) is 48.0 Å². The first-order valence-corrected chi connectivity index (χ1v) is 9.19. The summed E-state index contributed by atoms with van der Waals surface area (Å²) in [5, 5.41) is 2.80. The molecule has 1 saturated carbocycles. The SMILES string of the molecule is CC12CCC(CN(CCc3cccc4ccccc34)C1)C2(C)C. The number of hydrogen-bond donors (Lipinski definition) is 0. The highest BCUT2D eigenvalue weighted by Gasteiger charge is 2.55. The van der Waals surface area contributed by atoms with E-state index in [4.69, 9.17) is 0 Å². The maximum absolute atomic E-state index is 2.74. The Hall–Kier alpha value is -1.34. The summed E-state index contributed by atoms with van der Waals surface area (Å²) in [7, 11) is 0. The molecule has 2 aromatic rings. The zero-order valence-electron chi connectivity index (χ0n) is 14.8. The molecule has 1 heterocycles. The minimum atomic E-state index is 0.509. The Morgan fingerprint density at radius 2 is 1.83 bits per heavy atom. The zero-order valence-corrected chi connectivity index (χ0v) is 14.8. The molecule has 2 unspecified atom stereocenters. The largest absolute Gasteiger partial charge is 0.302 e. The van der Waals surface area contributed by atoms with Gasteiger partial charge < -0.3 is 4.90 Å². The van der Waals surface area contributed by atoms with Crippen LogP contribution in [0.2, 0.25) is 0 Å². The van der Waals surface area contributed by atoms with Crippen LogP contribution in [-0.2, 0) is 6.42 Å². The van der Waals surface area contributed by atoms with Gasteiger partial charge in [-0.15, -0.1) is 0 Å². The number of nitrogens with zero attached hydrogens (tertiary/aromatic N) is 1. The lowest BCUT2D eigenvalue weighted by molar-refractivity contribution is -0.0169. The first-order valence-electron chi connectivity index (χ1n) is 9.19. The van der Waals surface area contributed by atoms with E-state index >= 15 is 0 Å². The van der Waals surface area contributed by atoms with Crippen molar-refractivity contribution in [1.82, 2.24) is 4.90 Å². The molecular formula is C22H29N. The number of rotatable bonds is 3. The van der Waals surface area contributed by atoms with Crippen molar-refractivity contribution in [3.8, 4) is 0 Å². The lowest BCUT2D eigenvalue weighted by Crippen LogP contribution is -2.52. The normalized spacial score (nSPS) is 30.0. The van der Waals surface area contributed by atoms with Crippen LogP contribution in [0.5, 0.6) is 0 Å². The second-order valence-electron chi connectivity index (χ2n) is 8.64. The molecule has 23 heavy (non-hydrogen) atoms. The van der Waals surface area contributed by atoms with Crippen LogP contribution in [0.1, 0.15) is 39.2 Å².